The molecule has 0 atom stereocenters. The molecule has 33 heavy (non-hydrogen) atoms. The number of carbonyl (C=O) groups is 1. The molecule has 0 saturated heterocycles. The molecule has 0 unspecified atom stereocenters. The number of nitrogens with one attached hydrogen (secondary N) is 2. The van der Waals surface area contributed by atoms with Gasteiger partial charge in [-0.15, -0.1) is 0 Å². The lowest BCUT2D eigenvalue weighted by Gasteiger charge is -2.15. The predicted octanol–water partition coefficient (Wildman–Crippen LogP) is 5.11. The van der Waals surface area contributed by atoms with E-state index < -0.39 is 21.9 Å². The summed E-state index contributed by atoms with van der Waals surface area (Å²) in [5.41, 5.74) is 2.04. The van der Waals surface area contributed by atoms with Gasteiger partial charge in [-0.05, 0) is 47.7 Å². The summed E-state index contributed by atoms with van der Waals surface area (Å²) in [6.07, 6.45) is 0.290. The van der Waals surface area contributed by atoms with E-state index in [1.54, 1.807) is 30.3 Å². The van der Waals surface area contributed by atoms with E-state index in [9.17, 15) is 17.6 Å². The molecule has 174 valence electrons. The average Bonchev–Trinajstić information content (AvgIpc) is 2.78. The molecule has 0 aromatic heterocycles. The minimum Gasteiger partial charge on any atom is -0.410 e. The quantitative estimate of drug-likeness (QED) is 0.455. The van der Waals surface area contributed by atoms with Gasteiger partial charge < -0.3 is 10.1 Å². The van der Waals surface area contributed by atoms with Crippen molar-refractivity contribution in [3.05, 3.63) is 84.2 Å². The van der Waals surface area contributed by atoms with Gasteiger partial charge in [-0.2, -0.15) is 0 Å². The first-order chi connectivity index (χ1) is 15.8. The van der Waals surface area contributed by atoms with Crippen LogP contribution >= 0.6 is 0 Å². The maximum atomic E-state index is 13.5. The Hall–Kier alpha value is -3.23. The van der Waals surface area contributed by atoms with Crippen molar-refractivity contribution in [1.82, 2.24) is 10.0 Å². The molecule has 3 aromatic carbocycles. The molecule has 0 aliphatic heterocycles. The summed E-state index contributed by atoms with van der Waals surface area (Å²) < 4.78 is 46.7. The highest BCUT2D eigenvalue weighted by atomic mass is 32.2. The molecule has 3 aromatic rings. The summed E-state index contributed by atoms with van der Waals surface area (Å²) in [5.74, 6) is 0.191. The second-order valence-electron chi connectivity index (χ2n) is 7.93. The highest BCUT2D eigenvalue weighted by Gasteiger charge is 2.17. The van der Waals surface area contributed by atoms with Gasteiger partial charge in [0.25, 0.3) is 0 Å². The maximum absolute atomic E-state index is 13.5. The zero-order valence-corrected chi connectivity index (χ0v) is 19.4. The predicted molar refractivity (Wildman–Crippen MR) is 126 cm³/mol. The summed E-state index contributed by atoms with van der Waals surface area (Å²) in [4.78, 5) is 12.1. The van der Waals surface area contributed by atoms with E-state index in [1.807, 2.05) is 18.2 Å². The van der Waals surface area contributed by atoms with Crippen LogP contribution < -0.4 is 14.8 Å². The average molecular weight is 471 g/mol. The van der Waals surface area contributed by atoms with Gasteiger partial charge in [-0.1, -0.05) is 62.4 Å². The van der Waals surface area contributed by atoms with Gasteiger partial charge in [0.1, 0.15) is 11.6 Å². The summed E-state index contributed by atoms with van der Waals surface area (Å²) >= 11 is 0. The number of hydrogen-bond donors (Lipinski definition) is 2. The van der Waals surface area contributed by atoms with Crippen LogP contribution in [0.4, 0.5) is 9.18 Å². The molecule has 0 spiro atoms. The van der Waals surface area contributed by atoms with Crippen LogP contribution in [0.2, 0.25) is 0 Å². The van der Waals surface area contributed by atoms with Crippen molar-refractivity contribution in [3.63, 3.8) is 0 Å². The molecule has 0 bridgehead atoms. The lowest BCUT2D eigenvalue weighted by Crippen LogP contribution is -2.28. The second-order valence-corrected chi connectivity index (χ2v) is 9.70. The number of halogens is 1. The first-order valence-electron chi connectivity index (χ1n) is 10.6. The topological polar surface area (TPSA) is 84.5 Å². The standard InChI is InChI=1S/C25H27FN2O4S/c1-18(2)14-15-27-25(29)32-24-13-6-5-12-23(24)22-11-4-3-8-19(22)17-28-33(30,31)21-10-7-9-20(26)16-21/h3-13,16,18,28H,14-15,17H2,1-2H3,(H,27,29). The molecule has 0 saturated carbocycles. The maximum Gasteiger partial charge on any atom is 0.412 e. The first kappa shape index (κ1) is 24.4. The van der Waals surface area contributed by atoms with Gasteiger partial charge in [0.05, 0.1) is 4.90 Å². The van der Waals surface area contributed by atoms with E-state index >= 15 is 0 Å². The van der Waals surface area contributed by atoms with Crippen molar-refractivity contribution in [2.45, 2.75) is 31.7 Å². The van der Waals surface area contributed by atoms with Crippen molar-refractivity contribution in [2.24, 2.45) is 5.92 Å². The van der Waals surface area contributed by atoms with E-state index in [4.69, 9.17) is 4.74 Å². The Balaban J connectivity index is 1.80. The number of amides is 1. The van der Waals surface area contributed by atoms with E-state index in [1.165, 1.54) is 18.2 Å². The molecule has 8 heteroatoms. The lowest BCUT2D eigenvalue weighted by molar-refractivity contribution is 0.200. The second kappa shape index (κ2) is 11.1. The van der Waals surface area contributed by atoms with Crippen molar-refractivity contribution < 1.29 is 22.3 Å². The van der Waals surface area contributed by atoms with Gasteiger partial charge in [0.2, 0.25) is 10.0 Å². The fourth-order valence-electron chi connectivity index (χ4n) is 3.20. The summed E-state index contributed by atoms with van der Waals surface area (Å²) in [6, 6.07) is 19.1. The highest BCUT2D eigenvalue weighted by Crippen LogP contribution is 2.32. The fourth-order valence-corrected chi connectivity index (χ4v) is 4.24. The van der Waals surface area contributed by atoms with Gasteiger partial charge in [-0.25, -0.2) is 22.3 Å². The monoisotopic (exact) mass is 470 g/mol. The molecule has 0 radical (unpaired) electrons. The molecule has 0 fully saturated rings. The molecular formula is C25H27FN2O4S. The third-order valence-electron chi connectivity index (χ3n) is 4.95. The lowest BCUT2D eigenvalue weighted by atomic mass is 9.99. The number of carbonyl (C=O) groups excluding carboxylic acids is 1. The van der Waals surface area contributed by atoms with Crippen molar-refractivity contribution in [3.8, 4) is 16.9 Å². The summed E-state index contributed by atoms with van der Waals surface area (Å²) in [5, 5.41) is 2.74. The Morgan fingerprint density at radius 2 is 1.67 bits per heavy atom. The number of sulfonamides is 1. The molecule has 0 aliphatic carbocycles. The van der Waals surface area contributed by atoms with Crippen LogP contribution in [0.15, 0.2) is 77.7 Å². The number of para-hydroxylation sites is 1. The van der Waals surface area contributed by atoms with Crippen LogP contribution in [0.3, 0.4) is 0 Å². The number of hydrogen-bond acceptors (Lipinski definition) is 4. The molecule has 0 aliphatic rings. The molecule has 6 nitrogen and oxygen atoms in total. The Kier molecular flexibility index (Phi) is 8.19. The van der Waals surface area contributed by atoms with Crippen molar-refractivity contribution in [2.75, 3.05) is 6.54 Å². The first-order valence-corrected chi connectivity index (χ1v) is 12.1. The minimum absolute atomic E-state index is 0.0239. The van der Waals surface area contributed by atoms with Gasteiger partial charge >= 0.3 is 6.09 Å². The number of benzene rings is 3. The zero-order chi connectivity index (χ0) is 23.8. The van der Waals surface area contributed by atoms with Gasteiger partial charge in [-0.3, -0.25) is 0 Å². The summed E-state index contributed by atoms with van der Waals surface area (Å²) in [7, 11) is -3.91. The smallest absolute Gasteiger partial charge is 0.410 e. The van der Waals surface area contributed by atoms with Gasteiger partial charge in [0.15, 0.2) is 0 Å². The Morgan fingerprint density at radius 3 is 2.39 bits per heavy atom. The van der Waals surface area contributed by atoms with Gasteiger partial charge in [0, 0.05) is 18.7 Å². The van der Waals surface area contributed by atoms with E-state index in [2.05, 4.69) is 23.9 Å². The molecule has 3 rings (SSSR count). The number of ether oxygens (including phenoxy) is 1. The third kappa shape index (κ3) is 6.87. The molecular weight excluding hydrogens is 443 g/mol. The Labute approximate surface area is 193 Å². The van der Waals surface area contributed by atoms with Crippen LogP contribution in [0.5, 0.6) is 5.75 Å². The van der Waals surface area contributed by atoms with E-state index in [0.29, 0.717) is 34.9 Å². The largest absolute Gasteiger partial charge is 0.412 e. The van der Waals surface area contributed by atoms with Crippen molar-refractivity contribution >= 4 is 16.1 Å². The van der Waals surface area contributed by atoms with Crippen molar-refractivity contribution in [1.29, 1.82) is 0 Å². The van der Waals surface area contributed by atoms with Crippen LogP contribution in [-0.2, 0) is 16.6 Å². The molecule has 1 amide bonds. The zero-order valence-electron chi connectivity index (χ0n) is 18.5. The van der Waals surface area contributed by atoms with Crippen LogP contribution in [0, 0.1) is 11.7 Å². The fraction of sp³-hybridized carbons (Fsp3) is 0.240. The number of rotatable bonds is 9. The van der Waals surface area contributed by atoms with Crippen LogP contribution in [-0.4, -0.2) is 21.1 Å². The van der Waals surface area contributed by atoms with Crippen LogP contribution in [0.25, 0.3) is 11.1 Å². The highest BCUT2D eigenvalue weighted by molar-refractivity contribution is 7.89. The van der Waals surface area contributed by atoms with E-state index in [0.717, 1.165) is 12.5 Å². The molecule has 0 heterocycles. The third-order valence-corrected chi connectivity index (χ3v) is 6.35. The summed E-state index contributed by atoms with van der Waals surface area (Å²) in [6.45, 7) is 4.63. The SMILES string of the molecule is CC(C)CCNC(=O)Oc1ccccc1-c1ccccc1CNS(=O)(=O)c1cccc(F)c1. The normalized spacial score (nSPS) is 11.4. The Morgan fingerprint density at radius 1 is 0.970 bits per heavy atom. The molecule has 2 N–H and O–H groups in total. The van der Waals surface area contributed by atoms with Crippen LogP contribution in [0.1, 0.15) is 25.8 Å². The Bertz CT molecular complexity index is 1210. The minimum atomic E-state index is -3.91. The van der Waals surface area contributed by atoms with E-state index in [-0.39, 0.29) is 11.4 Å².